The number of rotatable bonds is 1. The van der Waals surface area contributed by atoms with E-state index in [9.17, 15) is 4.39 Å². The van der Waals surface area contributed by atoms with Crippen molar-refractivity contribution in [2.24, 2.45) is 0 Å². The van der Waals surface area contributed by atoms with Gasteiger partial charge in [0.15, 0.2) is 0 Å². The lowest BCUT2D eigenvalue weighted by Crippen LogP contribution is -2.09. The molecule has 0 saturated carbocycles. The third-order valence-corrected chi connectivity index (χ3v) is 4.06. The number of hydrogen-bond donors (Lipinski definition) is 1. The van der Waals surface area contributed by atoms with Gasteiger partial charge >= 0.3 is 0 Å². The molecule has 1 aliphatic heterocycles. The van der Waals surface area contributed by atoms with Crippen LogP contribution in [0.3, 0.4) is 0 Å². The van der Waals surface area contributed by atoms with Gasteiger partial charge in [-0.2, -0.15) is 0 Å². The fourth-order valence-electron chi connectivity index (χ4n) is 2.21. The maximum absolute atomic E-state index is 13.9. The Labute approximate surface area is 98.2 Å². The highest BCUT2D eigenvalue weighted by atomic mass is 79.9. The second-order valence-corrected chi connectivity index (χ2v) is 5.06. The van der Waals surface area contributed by atoms with E-state index in [-0.39, 0.29) is 5.82 Å². The molecule has 1 aromatic rings. The second kappa shape index (κ2) is 4.22. The molecular formula is C12H15BrFN. The predicted octanol–water partition coefficient (Wildman–Crippen LogP) is 3.28. The first-order valence-electron chi connectivity index (χ1n) is 5.27. The Hall–Kier alpha value is -0.410. The molecule has 15 heavy (non-hydrogen) atoms. The van der Waals surface area contributed by atoms with Crippen molar-refractivity contribution in [3.63, 3.8) is 0 Å². The van der Waals surface area contributed by atoms with Crippen LogP contribution >= 0.6 is 15.9 Å². The van der Waals surface area contributed by atoms with Crippen LogP contribution in [0.2, 0.25) is 0 Å². The summed E-state index contributed by atoms with van der Waals surface area (Å²) in [5.41, 5.74) is 2.67. The van der Waals surface area contributed by atoms with E-state index in [4.69, 9.17) is 0 Å². The zero-order valence-electron chi connectivity index (χ0n) is 9.03. The Morgan fingerprint density at radius 2 is 2.13 bits per heavy atom. The summed E-state index contributed by atoms with van der Waals surface area (Å²) in [6, 6.07) is 2.07. The molecule has 1 atom stereocenters. The molecule has 1 saturated heterocycles. The Morgan fingerprint density at radius 1 is 1.40 bits per heavy atom. The fraction of sp³-hybridized carbons (Fsp3) is 0.500. The molecule has 0 aliphatic carbocycles. The van der Waals surface area contributed by atoms with Crippen molar-refractivity contribution in [2.75, 3.05) is 13.1 Å². The normalized spacial score (nSPS) is 20.9. The molecule has 1 unspecified atom stereocenters. The van der Waals surface area contributed by atoms with Crippen LogP contribution in [-0.2, 0) is 0 Å². The van der Waals surface area contributed by atoms with Crippen LogP contribution in [0.5, 0.6) is 0 Å². The first-order valence-corrected chi connectivity index (χ1v) is 6.06. The van der Waals surface area contributed by atoms with Gasteiger partial charge in [0.05, 0.1) is 0 Å². The van der Waals surface area contributed by atoms with Crippen molar-refractivity contribution in [3.8, 4) is 0 Å². The molecule has 0 amide bonds. The van der Waals surface area contributed by atoms with Crippen molar-refractivity contribution < 1.29 is 4.39 Å². The lowest BCUT2D eigenvalue weighted by molar-refractivity contribution is 0.599. The average molecular weight is 272 g/mol. The Kier molecular flexibility index (Phi) is 3.12. The van der Waals surface area contributed by atoms with Crippen LogP contribution in [0.15, 0.2) is 10.5 Å². The first kappa shape index (κ1) is 11.1. The minimum Gasteiger partial charge on any atom is -0.316 e. The average Bonchev–Trinajstić information content (AvgIpc) is 2.73. The van der Waals surface area contributed by atoms with E-state index in [0.29, 0.717) is 11.5 Å². The summed E-state index contributed by atoms with van der Waals surface area (Å²) >= 11 is 3.42. The van der Waals surface area contributed by atoms with Crippen molar-refractivity contribution in [1.29, 1.82) is 0 Å². The second-order valence-electron chi connectivity index (χ2n) is 4.20. The van der Waals surface area contributed by atoms with E-state index < -0.39 is 0 Å². The Balaban J connectivity index is 2.47. The molecule has 1 nitrogen and oxygen atoms in total. The summed E-state index contributed by atoms with van der Waals surface area (Å²) in [6.45, 7) is 5.69. The quantitative estimate of drug-likeness (QED) is 0.827. The maximum Gasteiger partial charge on any atom is 0.130 e. The van der Waals surface area contributed by atoms with Crippen LogP contribution in [0.1, 0.15) is 29.0 Å². The van der Waals surface area contributed by atoms with E-state index in [1.807, 2.05) is 13.8 Å². The molecule has 0 aromatic heterocycles. The molecule has 1 heterocycles. The first-order chi connectivity index (χ1) is 7.11. The smallest absolute Gasteiger partial charge is 0.130 e. The van der Waals surface area contributed by atoms with E-state index in [1.165, 1.54) is 0 Å². The Morgan fingerprint density at radius 3 is 2.73 bits per heavy atom. The van der Waals surface area contributed by atoms with Gasteiger partial charge in [-0.1, -0.05) is 15.9 Å². The van der Waals surface area contributed by atoms with E-state index in [2.05, 4.69) is 27.3 Å². The SMILES string of the molecule is Cc1c(Br)cc(C2CCNC2)c(C)c1F. The van der Waals surface area contributed by atoms with Crippen LogP contribution in [0.4, 0.5) is 4.39 Å². The lowest BCUT2D eigenvalue weighted by atomic mass is 9.92. The summed E-state index contributed by atoms with van der Waals surface area (Å²) < 4.78 is 14.7. The molecule has 0 spiro atoms. The van der Waals surface area contributed by atoms with Gasteiger partial charge in [0.25, 0.3) is 0 Å². The number of benzene rings is 1. The molecule has 2 rings (SSSR count). The van der Waals surface area contributed by atoms with Gasteiger partial charge < -0.3 is 5.32 Å². The van der Waals surface area contributed by atoms with Gasteiger partial charge in [-0.25, -0.2) is 4.39 Å². The third kappa shape index (κ3) is 1.95. The van der Waals surface area contributed by atoms with Crippen LogP contribution in [0, 0.1) is 19.7 Å². The minimum atomic E-state index is -0.0636. The van der Waals surface area contributed by atoms with Crippen molar-refractivity contribution in [2.45, 2.75) is 26.2 Å². The van der Waals surface area contributed by atoms with Crippen molar-refractivity contribution >= 4 is 15.9 Å². The van der Waals surface area contributed by atoms with Gasteiger partial charge in [0.2, 0.25) is 0 Å². The standard InChI is InChI=1S/C12H15BrFN/c1-7-10(9-3-4-15-6-9)5-11(13)8(2)12(7)14/h5,9,15H,3-4,6H2,1-2H3. The molecule has 1 aliphatic rings. The molecule has 3 heteroatoms. The molecule has 1 aromatic carbocycles. The number of hydrogen-bond acceptors (Lipinski definition) is 1. The highest BCUT2D eigenvalue weighted by Gasteiger charge is 2.21. The van der Waals surface area contributed by atoms with Crippen LogP contribution in [0.25, 0.3) is 0 Å². The van der Waals surface area contributed by atoms with Crippen LogP contribution < -0.4 is 5.32 Å². The maximum atomic E-state index is 13.9. The number of nitrogens with one attached hydrogen (secondary N) is 1. The van der Waals surface area contributed by atoms with Crippen molar-refractivity contribution in [3.05, 3.63) is 33.0 Å². The van der Waals surface area contributed by atoms with E-state index in [1.54, 1.807) is 0 Å². The molecular weight excluding hydrogens is 257 g/mol. The highest BCUT2D eigenvalue weighted by molar-refractivity contribution is 9.10. The van der Waals surface area contributed by atoms with Gasteiger partial charge in [0.1, 0.15) is 5.82 Å². The predicted molar refractivity (Wildman–Crippen MR) is 63.8 cm³/mol. The summed E-state index contributed by atoms with van der Waals surface area (Å²) in [5, 5.41) is 3.31. The summed E-state index contributed by atoms with van der Waals surface area (Å²) in [4.78, 5) is 0. The molecule has 1 N–H and O–H groups in total. The zero-order chi connectivity index (χ0) is 11.0. The van der Waals surface area contributed by atoms with Crippen molar-refractivity contribution in [1.82, 2.24) is 5.32 Å². The lowest BCUT2D eigenvalue weighted by Gasteiger charge is -2.15. The summed E-state index contributed by atoms with van der Waals surface area (Å²) in [6.07, 6.45) is 1.11. The molecule has 82 valence electrons. The van der Waals surface area contributed by atoms with E-state index in [0.717, 1.165) is 35.1 Å². The monoisotopic (exact) mass is 271 g/mol. The third-order valence-electron chi connectivity index (χ3n) is 3.23. The van der Waals surface area contributed by atoms with Gasteiger partial charge in [-0.05, 0) is 55.5 Å². The van der Waals surface area contributed by atoms with Gasteiger partial charge in [-0.3, -0.25) is 0 Å². The summed E-state index contributed by atoms with van der Waals surface area (Å²) in [5.74, 6) is 0.405. The largest absolute Gasteiger partial charge is 0.316 e. The fourth-order valence-corrected chi connectivity index (χ4v) is 2.63. The zero-order valence-corrected chi connectivity index (χ0v) is 10.6. The molecule has 0 radical (unpaired) electrons. The van der Waals surface area contributed by atoms with Gasteiger partial charge in [0, 0.05) is 11.0 Å². The number of halogens is 2. The summed E-state index contributed by atoms with van der Waals surface area (Å²) in [7, 11) is 0. The van der Waals surface area contributed by atoms with Gasteiger partial charge in [-0.15, -0.1) is 0 Å². The highest BCUT2D eigenvalue weighted by Crippen LogP contribution is 2.32. The minimum absolute atomic E-state index is 0.0636. The topological polar surface area (TPSA) is 12.0 Å². The molecule has 1 fully saturated rings. The Bertz CT molecular complexity index is 384. The van der Waals surface area contributed by atoms with Crippen LogP contribution in [-0.4, -0.2) is 13.1 Å². The van der Waals surface area contributed by atoms with E-state index >= 15 is 0 Å². The molecule has 0 bridgehead atoms.